The van der Waals surface area contributed by atoms with E-state index in [1.807, 2.05) is 6.92 Å². The van der Waals surface area contributed by atoms with Crippen molar-refractivity contribution in [3.05, 3.63) is 57.6 Å². The number of nitrogens with zero attached hydrogens (tertiary/aromatic N) is 1. The third-order valence-electron chi connectivity index (χ3n) is 2.99. The molecule has 0 spiro atoms. The Balaban J connectivity index is 2.26. The maximum Gasteiger partial charge on any atom is 0.255 e. The number of anilines is 2. The minimum absolute atomic E-state index is 0.277. The molecule has 0 bridgehead atoms. The smallest absolute Gasteiger partial charge is 0.255 e. The van der Waals surface area contributed by atoms with E-state index in [1.165, 1.54) is 0 Å². The summed E-state index contributed by atoms with van der Waals surface area (Å²) in [4.78, 5) is 12.2. The number of aryl methyl sites for hydroxylation is 1. The van der Waals surface area contributed by atoms with Gasteiger partial charge in [0, 0.05) is 10.0 Å². The van der Waals surface area contributed by atoms with Gasteiger partial charge >= 0.3 is 0 Å². The van der Waals surface area contributed by atoms with E-state index in [0.29, 0.717) is 16.8 Å². The molecule has 21 heavy (non-hydrogen) atoms. The second-order valence-electron chi connectivity index (χ2n) is 4.43. The molecule has 5 nitrogen and oxygen atoms in total. The number of hydrogen-bond donors (Lipinski definition) is 3. The number of carbonyl (C=O) groups is 1. The number of amides is 1. The summed E-state index contributed by atoms with van der Waals surface area (Å²) in [5.74, 6) is 5.08. The fourth-order valence-corrected chi connectivity index (χ4v) is 2.24. The summed E-state index contributed by atoms with van der Waals surface area (Å²) in [6.07, 6.45) is 0. The molecule has 1 amide bonds. The van der Waals surface area contributed by atoms with Gasteiger partial charge in [-0.2, -0.15) is 5.26 Å². The van der Waals surface area contributed by atoms with E-state index in [1.54, 1.807) is 36.4 Å². The second kappa shape index (κ2) is 6.39. The number of benzene rings is 2. The van der Waals surface area contributed by atoms with Gasteiger partial charge in [-0.25, -0.2) is 0 Å². The Labute approximate surface area is 130 Å². The Hall–Kier alpha value is -2.36. The van der Waals surface area contributed by atoms with E-state index in [-0.39, 0.29) is 5.91 Å². The van der Waals surface area contributed by atoms with Gasteiger partial charge in [-0.3, -0.25) is 10.6 Å². The third-order valence-corrected chi connectivity index (χ3v) is 3.49. The van der Waals surface area contributed by atoms with E-state index in [9.17, 15) is 4.79 Å². The van der Waals surface area contributed by atoms with Crippen LogP contribution in [0.25, 0.3) is 0 Å². The van der Waals surface area contributed by atoms with E-state index in [4.69, 9.17) is 11.1 Å². The van der Waals surface area contributed by atoms with Crippen LogP contribution in [0.5, 0.6) is 0 Å². The van der Waals surface area contributed by atoms with Crippen LogP contribution in [0.1, 0.15) is 21.5 Å². The molecule has 0 saturated carbocycles. The Kier molecular flexibility index (Phi) is 4.58. The number of hydrazine groups is 1. The van der Waals surface area contributed by atoms with Crippen molar-refractivity contribution < 1.29 is 4.79 Å². The average molecular weight is 345 g/mol. The molecule has 2 aromatic rings. The highest BCUT2D eigenvalue weighted by atomic mass is 79.9. The van der Waals surface area contributed by atoms with Gasteiger partial charge in [-0.05, 0) is 48.9 Å². The topological polar surface area (TPSA) is 90.9 Å². The fourth-order valence-electron chi connectivity index (χ4n) is 1.88. The summed E-state index contributed by atoms with van der Waals surface area (Å²) < 4.78 is 0.784. The van der Waals surface area contributed by atoms with Gasteiger partial charge in [0.15, 0.2) is 0 Å². The lowest BCUT2D eigenvalue weighted by atomic mass is 10.1. The highest BCUT2D eigenvalue weighted by Crippen LogP contribution is 2.22. The molecule has 0 aromatic heterocycles. The number of rotatable bonds is 3. The molecular formula is C15H13BrN4O. The predicted octanol–water partition coefficient (Wildman–Crippen LogP) is 3.17. The summed E-state index contributed by atoms with van der Waals surface area (Å²) in [6, 6.07) is 12.3. The van der Waals surface area contributed by atoms with Crippen molar-refractivity contribution in [2.75, 3.05) is 10.7 Å². The molecule has 2 rings (SSSR count). The molecular weight excluding hydrogens is 332 g/mol. The maximum atomic E-state index is 12.2. The first-order valence-corrected chi connectivity index (χ1v) is 6.92. The van der Waals surface area contributed by atoms with Gasteiger partial charge in [0.25, 0.3) is 5.91 Å². The Morgan fingerprint density at radius 2 is 1.95 bits per heavy atom. The zero-order valence-electron chi connectivity index (χ0n) is 11.3. The van der Waals surface area contributed by atoms with Gasteiger partial charge in [0.05, 0.1) is 16.9 Å². The van der Waals surface area contributed by atoms with Crippen LogP contribution in [0, 0.1) is 18.3 Å². The van der Waals surface area contributed by atoms with Crippen LogP contribution in [-0.4, -0.2) is 5.91 Å². The molecule has 2 aromatic carbocycles. The second-order valence-corrected chi connectivity index (χ2v) is 5.35. The minimum atomic E-state index is -0.277. The lowest BCUT2D eigenvalue weighted by molar-refractivity contribution is 0.102. The Morgan fingerprint density at radius 1 is 1.24 bits per heavy atom. The normalized spacial score (nSPS) is 9.81. The van der Waals surface area contributed by atoms with Crippen molar-refractivity contribution in [3.8, 4) is 6.07 Å². The lowest BCUT2D eigenvalue weighted by Gasteiger charge is -2.10. The third kappa shape index (κ3) is 3.40. The molecule has 0 saturated heterocycles. The van der Waals surface area contributed by atoms with Crippen molar-refractivity contribution in [3.63, 3.8) is 0 Å². The number of nitrogens with one attached hydrogen (secondary N) is 2. The molecule has 0 radical (unpaired) electrons. The number of nitrogens with two attached hydrogens (primary N) is 1. The highest BCUT2D eigenvalue weighted by molar-refractivity contribution is 9.10. The van der Waals surface area contributed by atoms with Crippen LogP contribution in [0.3, 0.4) is 0 Å². The van der Waals surface area contributed by atoms with E-state index in [2.05, 4.69) is 32.7 Å². The molecule has 0 aliphatic carbocycles. The van der Waals surface area contributed by atoms with Crippen LogP contribution >= 0.6 is 15.9 Å². The molecule has 0 unspecified atom stereocenters. The van der Waals surface area contributed by atoms with Gasteiger partial charge in [-0.1, -0.05) is 15.9 Å². The summed E-state index contributed by atoms with van der Waals surface area (Å²) in [6.45, 7) is 1.85. The molecule has 6 heteroatoms. The number of halogens is 1. The molecule has 4 N–H and O–H groups in total. The highest BCUT2D eigenvalue weighted by Gasteiger charge is 2.10. The van der Waals surface area contributed by atoms with Crippen LogP contribution in [0.15, 0.2) is 40.9 Å². The molecule has 0 fully saturated rings. The molecule has 0 aliphatic heterocycles. The number of carbonyl (C=O) groups excluding carboxylic acids is 1. The first kappa shape index (κ1) is 15.0. The van der Waals surface area contributed by atoms with Crippen LogP contribution in [0.4, 0.5) is 11.4 Å². The summed E-state index contributed by atoms with van der Waals surface area (Å²) >= 11 is 3.29. The van der Waals surface area contributed by atoms with Gasteiger partial charge in [0.1, 0.15) is 6.07 Å². The Bertz CT molecular complexity index is 737. The van der Waals surface area contributed by atoms with Crippen LogP contribution in [0.2, 0.25) is 0 Å². The van der Waals surface area contributed by atoms with Crippen molar-refractivity contribution >= 4 is 33.2 Å². The molecule has 106 valence electrons. The molecule has 0 aliphatic rings. The molecule has 0 atom stereocenters. The molecule has 0 heterocycles. The first-order chi connectivity index (χ1) is 10.0. The summed E-state index contributed by atoms with van der Waals surface area (Å²) in [7, 11) is 0. The SMILES string of the molecule is Cc1cc(C(=O)Nc2ccc(Br)cc2C#N)ccc1NN. The zero-order valence-corrected chi connectivity index (χ0v) is 12.9. The standard InChI is InChI=1S/C15H13BrN4O/c1-9-6-10(2-4-13(9)20-18)15(21)19-14-5-3-12(16)7-11(14)8-17/h2-7,20H,18H2,1H3,(H,19,21). The largest absolute Gasteiger partial charge is 0.324 e. The number of nitrogen functional groups attached to an aromatic ring is 1. The predicted molar refractivity (Wildman–Crippen MR) is 85.8 cm³/mol. The Morgan fingerprint density at radius 3 is 2.57 bits per heavy atom. The van der Waals surface area contributed by atoms with Crippen molar-refractivity contribution in [2.45, 2.75) is 6.92 Å². The monoisotopic (exact) mass is 344 g/mol. The van der Waals surface area contributed by atoms with Crippen molar-refractivity contribution in [1.82, 2.24) is 0 Å². The van der Waals surface area contributed by atoms with Gasteiger partial charge in [0.2, 0.25) is 0 Å². The average Bonchev–Trinajstić information content (AvgIpc) is 2.48. The van der Waals surface area contributed by atoms with Gasteiger partial charge < -0.3 is 10.7 Å². The van der Waals surface area contributed by atoms with Crippen LogP contribution in [-0.2, 0) is 0 Å². The summed E-state index contributed by atoms with van der Waals surface area (Å²) in [5.41, 5.74) is 5.55. The maximum absolute atomic E-state index is 12.2. The number of hydrogen-bond acceptors (Lipinski definition) is 4. The fraction of sp³-hybridized carbons (Fsp3) is 0.0667. The summed E-state index contributed by atoms with van der Waals surface area (Å²) in [5, 5.41) is 11.8. The van der Waals surface area contributed by atoms with E-state index in [0.717, 1.165) is 15.7 Å². The minimum Gasteiger partial charge on any atom is -0.324 e. The van der Waals surface area contributed by atoms with Crippen molar-refractivity contribution in [2.24, 2.45) is 5.84 Å². The zero-order chi connectivity index (χ0) is 15.4. The van der Waals surface area contributed by atoms with E-state index >= 15 is 0 Å². The number of nitriles is 1. The lowest BCUT2D eigenvalue weighted by Crippen LogP contribution is -2.14. The van der Waals surface area contributed by atoms with Crippen molar-refractivity contribution in [1.29, 1.82) is 5.26 Å². The first-order valence-electron chi connectivity index (χ1n) is 6.13. The van der Waals surface area contributed by atoms with Crippen LogP contribution < -0.4 is 16.6 Å². The van der Waals surface area contributed by atoms with Gasteiger partial charge in [-0.15, -0.1) is 0 Å². The quantitative estimate of drug-likeness (QED) is 0.589. The van der Waals surface area contributed by atoms with E-state index < -0.39 is 0 Å².